The van der Waals surface area contributed by atoms with Crippen molar-refractivity contribution in [2.75, 3.05) is 24.6 Å². The summed E-state index contributed by atoms with van der Waals surface area (Å²) < 4.78 is 31.4. The zero-order chi connectivity index (χ0) is 29.9. The molecule has 216 valence electrons. The fourth-order valence-electron chi connectivity index (χ4n) is 4.35. The van der Waals surface area contributed by atoms with Crippen molar-refractivity contribution in [1.29, 1.82) is 0 Å². The fraction of sp³-hybridized carbons (Fsp3) is 0.296. The Kier molecular flexibility index (Phi) is 8.95. The van der Waals surface area contributed by atoms with Gasteiger partial charge in [0, 0.05) is 32.7 Å². The maximum atomic E-state index is 13.2. The number of benzene rings is 2. The molecule has 0 bridgehead atoms. The van der Waals surface area contributed by atoms with Crippen molar-refractivity contribution >= 4 is 33.4 Å². The van der Waals surface area contributed by atoms with Crippen LogP contribution >= 0.6 is 11.8 Å². The molecule has 0 aliphatic heterocycles. The number of hydrogen-bond acceptors (Lipinski definition) is 9. The minimum atomic E-state index is -3.71. The van der Waals surface area contributed by atoms with Crippen LogP contribution in [0.25, 0.3) is 11.4 Å². The van der Waals surface area contributed by atoms with Crippen LogP contribution < -0.4 is 17.0 Å². The number of aromatic nitrogens is 5. The number of sulfonamides is 1. The van der Waals surface area contributed by atoms with E-state index < -0.39 is 27.1 Å². The van der Waals surface area contributed by atoms with Crippen LogP contribution in [0.3, 0.4) is 0 Å². The Morgan fingerprint density at radius 3 is 2.32 bits per heavy atom. The number of rotatable bonds is 11. The number of hydrogen-bond donors (Lipinski definition) is 1. The highest BCUT2D eigenvalue weighted by molar-refractivity contribution is 7.99. The summed E-state index contributed by atoms with van der Waals surface area (Å²) in [4.78, 5) is 38.1. The summed E-state index contributed by atoms with van der Waals surface area (Å²) in [6.45, 7) is 4.59. The van der Waals surface area contributed by atoms with Gasteiger partial charge in [-0.25, -0.2) is 13.2 Å². The predicted molar refractivity (Wildman–Crippen MR) is 157 cm³/mol. The largest absolute Gasteiger partial charge is 0.384 e. The molecule has 0 spiro atoms. The lowest BCUT2D eigenvalue weighted by Crippen LogP contribution is -2.41. The Morgan fingerprint density at radius 1 is 0.976 bits per heavy atom. The molecule has 4 rings (SSSR count). The lowest BCUT2D eigenvalue weighted by Gasteiger charge is -2.19. The van der Waals surface area contributed by atoms with Gasteiger partial charge in [0.05, 0.1) is 17.2 Å². The minimum Gasteiger partial charge on any atom is -0.384 e. The average Bonchev–Trinajstić information content (AvgIpc) is 3.37. The molecule has 2 aromatic heterocycles. The van der Waals surface area contributed by atoms with Gasteiger partial charge in [-0.05, 0) is 17.7 Å². The number of anilines is 1. The summed E-state index contributed by atoms with van der Waals surface area (Å²) in [6, 6.07) is 16.1. The summed E-state index contributed by atoms with van der Waals surface area (Å²) in [7, 11) is -1.04. The number of nitrogens with two attached hydrogens (primary N) is 1. The summed E-state index contributed by atoms with van der Waals surface area (Å²) in [5.41, 5.74) is 5.76. The summed E-state index contributed by atoms with van der Waals surface area (Å²) in [5.74, 6) is -0.549. The summed E-state index contributed by atoms with van der Waals surface area (Å²) in [6.07, 6.45) is 0. The van der Waals surface area contributed by atoms with E-state index in [0.29, 0.717) is 36.2 Å². The lowest BCUT2D eigenvalue weighted by molar-refractivity contribution is 0.102. The molecule has 41 heavy (non-hydrogen) atoms. The van der Waals surface area contributed by atoms with Gasteiger partial charge in [0.15, 0.2) is 16.8 Å². The number of nitrogen functional groups attached to an aromatic ring is 1. The van der Waals surface area contributed by atoms with Crippen LogP contribution in [0.4, 0.5) is 5.82 Å². The zero-order valence-corrected chi connectivity index (χ0v) is 24.8. The van der Waals surface area contributed by atoms with Gasteiger partial charge in [-0.3, -0.25) is 23.3 Å². The fourth-order valence-corrected chi connectivity index (χ4v) is 6.66. The molecule has 0 saturated carbocycles. The third-order valence-corrected chi connectivity index (χ3v) is 9.67. The molecule has 0 radical (unpaired) electrons. The van der Waals surface area contributed by atoms with Gasteiger partial charge in [-0.2, -0.15) is 4.31 Å². The minimum absolute atomic E-state index is 0.137. The van der Waals surface area contributed by atoms with Gasteiger partial charge < -0.3 is 5.73 Å². The first-order chi connectivity index (χ1) is 19.5. The normalized spacial score (nSPS) is 11.7. The quantitative estimate of drug-likeness (QED) is 0.202. The van der Waals surface area contributed by atoms with E-state index in [-0.39, 0.29) is 22.0 Å². The second kappa shape index (κ2) is 12.2. The van der Waals surface area contributed by atoms with Crippen molar-refractivity contribution in [1.82, 2.24) is 28.2 Å². The van der Waals surface area contributed by atoms with Gasteiger partial charge in [-0.1, -0.05) is 68.1 Å². The monoisotopic (exact) mass is 597 g/mol. The van der Waals surface area contributed by atoms with Crippen molar-refractivity contribution in [3.8, 4) is 11.4 Å². The van der Waals surface area contributed by atoms with Crippen LogP contribution in [-0.4, -0.2) is 61.2 Å². The summed E-state index contributed by atoms with van der Waals surface area (Å²) in [5, 5.41) is 9.04. The Morgan fingerprint density at radius 2 is 1.66 bits per heavy atom. The Balaban J connectivity index is 1.73. The highest BCUT2D eigenvalue weighted by Gasteiger charge is 2.25. The first kappa shape index (κ1) is 30.0. The van der Waals surface area contributed by atoms with Crippen molar-refractivity contribution in [2.24, 2.45) is 14.1 Å². The number of nitrogens with zero attached hydrogens (tertiary/aromatic N) is 6. The maximum absolute atomic E-state index is 13.2. The van der Waals surface area contributed by atoms with E-state index in [0.717, 1.165) is 26.5 Å². The summed E-state index contributed by atoms with van der Waals surface area (Å²) >= 11 is 1.06. The van der Waals surface area contributed by atoms with E-state index in [1.165, 1.54) is 18.4 Å². The molecule has 4 aromatic rings. The number of carbonyl (C=O) groups excluding carboxylic acids is 1. The predicted octanol–water partition coefficient (Wildman–Crippen LogP) is 1.98. The molecular formula is C27H31N7O5S2. The SMILES string of the molecule is CCN(CC)S(=O)(=O)c1cccc(-c2nnc(SCC(=O)c3c(N)n(C)c(=O)n(C)c3=O)n2Cc2ccccc2)c1. The molecule has 0 aliphatic rings. The van der Waals surface area contributed by atoms with E-state index in [2.05, 4.69) is 10.2 Å². The number of thioether (sulfide) groups is 1. The molecule has 0 fully saturated rings. The molecule has 12 nitrogen and oxygen atoms in total. The smallest absolute Gasteiger partial charge is 0.332 e. The van der Waals surface area contributed by atoms with Crippen molar-refractivity contribution in [2.45, 2.75) is 30.4 Å². The van der Waals surface area contributed by atoms with Crippen LogP contribution in [0.1, 0.15) is 29.8 Å². The topological polar surface area (TPSA) is 155 Å². The maximum Gasteiger partial charge on any atom is 0.332 e. The Hall–Kier alpha value is -4.01. The van der Waals surface area contributed by atoms with Gasteiger partial charge in [0.2, 0.25) is 10.0 Å². The second-order valence-corrected chi connectivity index (χ2v) is 12.1. The molecule has 0 atom stereocenters. The van der Waals surface area contributed by atoms with Crippen LogP contribution in [0.15, 0.2) is 74.2 Å². The van der Waals surface area contributed by atoms with Gasteiger partial charge in [0.25, 0.3) is 5.56 Å². The molecule has 2 heterocycles. The van der Waals surface area contributed by atoms with Gasteiger partial charge in [-0.15, -0.1) is 10.2 Å². The van der Waals surface area contributed by atoms with Crippen molar-refractivity contribution in [3.63, 3.8) is 0 Å². The lowest BCUT2D eigenvalue weighted by atomic mass is 10.2. The van der Waals surface area contributed by atoms with E-state index >= 15 is 0 Å². The molecule has 0 aliphatic carbocycles. The molecular weight excluding hydrogens is 566 g/mol. The molecule has 0 saturated heterocycles. The number of carbonyl (C=O) groups is 1. The number of ketones is 1. The van der Waals surface area contributed by atoms with Crippen LogP contribution in [0, 0.1) is 0 Å². The molecule has 2 aromatic carbocycles. The average molecular weight is 598 g/mol. The highest BCUT2D eigenvalue weighted by Crippen LogP contribution is 2.28. The standard InChI is InChI=1S/C27H31N7O5S2/c1-5-33(6-2)41(38,39)20-14-10-13-19(15-20)24-29-30-26(34(24)16-18-11-8-7-9-12-18)40-17-21(35)22-23(28)31(3)27(37)32(4)25(22)36/h7-15H,5-6,16-17,28H2,1-4H3. The Bertz CT molecular complexity index is 1810. The second-order valence-electron chi connectivity index (χ2n) is 9.17. The van der Waals surface area contributed by atoms with E-state index in [1.54, 1.807) is 42.7 Å². The van der Waals surface area contributed by atoms with E-state index in [9.17, 15) is 22.8 Å². The number of Topliss-reactive ketones (excluding diaryl/α,β-unsaturated/α-hetero) is 1. The van der Waals surface area contributed by atoms with Crippen LogP contribution in [-0.2, 0) is 30.7 Å². The zero-order valence-electron chi connectivity index (χ0n) is 23.1. The molecule has 0 unspecified atom stereocenters. The van der Waals surface area contributed by atoms with Gasteiger partial charge >= 0.3 is 5.69 Å². The van der Waals surface area contributed by atoms with E-state index in [1.807, 2.05) is 30.3 Å². The van der Waals surface area contributed by atoms with Gasteiger partial charge in [0.1, 0.15) is 11.4 Å². The van der Waals surface area contributed by atoms with Crippen molar-refractivity contribution < 1.29 is 13.2 Å². The first-order valence-electron chi connectivity index (χ1n) is 12.8. The van der Waals surface area contributed by atoms with Crippen LogP contribution in [0.5, 0.6) is 0 Å². The molecule has 0 amide bonds. The highest BCUT2D eigenvalue weighted by atomic mass is 32.2. The molecule has 2 N–H and O–H groups in total. The Labute approximate surface area is 241 Å². The third kappa shape index (κ3) is 5.89. The van der Waals surface area contributed by atoms with E-state index in [4.69, 9.17) is 5.73 Å². The van der Waals surface area contributed by atoms with Crippen molar-refractivity contribution in [3.05, 3.63) is 86.6 Å². The molecule has 14 heteroatoms. The third-order valence-electron chi connectivity index (χ3n) is 6.66. The first-order valence-corrected chi connectivity index (χ1v) is 15.2. The van der Waals surface area contributed by atoms with Crippen LogP contribution in [0.2, 0.25) is 0 Å².